The van der Waals surface area contributed by atoms with Gasteiger partial charge in [-0.2, -0.15) is 0 Å². The van der Waals surface area contributed by atoms with Gasteiger partial charge in [0.15, 0.2) is 0 Å². The Balaban J connectivity index is 2.18. The van der Waals surface area contributed by atoms with Crippen molar-refractivity contribution in [3.05, 3.63) is 57.8 Å². The van der Waals surface area contributed by atoms with Crippen molar-refractivity contribution in [1.29, 1.82) is 0 Å². The second-order valence-electron chi connectivity index (χ2n) is 7.48. The average molecular weight is 468 g/mol. The van der Waals surface area contributed by atoms with Crippen molar-refractivity contribution in [1.82, 2.24) is 14.4 Å². The lowest BCUT2D eigenvalue weighted by Crippen LogP contribution is -2.43. The molecule has 0 bridgehead atoms. The summed E-state index contributed by atoms with van der Waals surface area (Å²) >= 11 is 12.1. The Morgan fingerprint density at radius 2 is 1.81 bits per heavy atom. The minimum Gasteiger partial charge on any atom is -0.385 e. The molecule has 0 N–H and O–H groups in total. The van der Waals surface area contributed by atoms with Crippen molar-refractivity contribution < 1.29 is 14.3 Å². The number of carbonyl (C=O) groups excluding carboxylic acids is 2. The second-order valence-corrected chi connectivity index (χ2v) is 8.30. The third-order valence-corrected chi connectivity index (χ3v) is 5.83. The minimum absolute atomic E-state index is 0.00305. The van der Waals surface area contributed by atoms with Gasteiger partial charge in [-0.05, 0) is 43.2 Å². The topological polar surface area (TPSA) is 54.8 Å². The van der Waals surface area contributed by atoms with E-state index in [0.29, 0.717) is 48.3 Å². The Bertz CT molecular complexity index is 870. The lowest BCUT2D eigenvalue weighted by molar-refractivity contribution is -0.132. The monoisotopic (exact) mass is 467 g/mol. The van der Waals surface area contributed by atoms with E-state index in [1.807, 2.05) is 34.8 Å². The third-order valence-electron chi connectivity index (χ3n) is 5.09. The fraction of sp³-hybridized carbons (Fsp3) is 0.478. The van der Waals surface area contributed by atoms with Crippen LogP contribution in [0.3, 0.4) is 0 Å². The number of aromatic nitrogens is 1. The van der Waals surface area contributed by atoms with E-state index < -0.39 is 0 Å². The summed E-state index contributed by atoms with van der Waals surface area (Å²) in [4.78, 5) is 29.8. The first kappa shape index (κ1) is 25.2. The molecule has 0 aliphatic rings. The maximum Gasteiger partial charge on any atom is 0.254 e. The van der Waals surface area contributed by atoms with Crippen molar-refractivity contribution in [2.45, 2.75) is 32.7 Å². The Morgan fingerprint density at radius 1 is 1.06 bits per heavy atom. The van der Waals surface area contributed by atoms with E-state index in [9.17, 15) is 9.59 Å². The van der Waals surface area contributed by atoms with Crippen molar-refractivity contribution in [2.75, 3.05) is 33.4 Å². The molecule has 1 aromatic carbocycles. The van der Waals surface area contributed by atoms with Crippen LogP contribution in [0.25, 0.3) is 0 Å². The van der Waals surface area contributed by atoms with Crippen LogP contribution in [0.2, 0.25) is 10.0 Å². The summed E-state index contributed by atoms with van der Waals surface area (Å²) in [5, 5.41) is 0.692. The standard InChI is InChI=1S/C23H31Cl2N3O3/c1-4-5-12-27(16-19-8-6-11-26(19)2)22(29)17-28(13-7-14-31-3)23(30)18-9-10-20(24)21(25)15-18/h6,8-11,15H,4-5,7,12-14,16-17H2,1-3H3. The van der Waals surface area contributed by atoms with Gasteiger partial charge in [0, 0.05) is 51.3 Å². The Morgan fingerprint density at radius 3 is 2.42 bits per heavy atom. The summed E-state index contributed by atoms with van der Waals surface area (Å²) in [6.07, 6.45) is 4.48. The summed E-state index contributed by atoms with van der Waals surface area (Å²) in [5.41, 5.74) is 1.45. The number of ether oxygens (including phenoxy) is 1. The summed E-state index contributed by atoms with van der Waals surface area (Å²) in [6, 6.07) is 8.73. The zero-order chi connectivity index (χ0) is 22.8. The number of hydrogen-bond acceptors (Lipinski definition) is 3. The normalized spacial score (nSPS) is 10.9. The van der Waals surface area contributed by atoms with Crippen LogP contribution >= 0.6 is 23.2 Å². The number of carbonyl (C=O) groups is 2. The maximum absolute atomic E-state index is 13.2. The molecule has 0 atom stereocenters. The molecular weight excluding hydrogens is 437 g/mol. The summed E-state index contributed by atoms with van der Waals surface area (Å²) in [5.74, 6) is -0.335. The van der Waals surface area contributed by atoms with Crippen LogP contribution in [0.15, 0.2) is 36.5 Å². The second kappa shape index (κ2) is 12.7. The number of rotatable bonds is 12. The van der Waals surface area contributed by atoms with E-state index in [2.05, 4.69) is 6.92 Å². The van der Waals surface area contributed by atoms with E-state index >= 15 is 0 Å². The number of hydrogen-bond donors (Lipinski definition) is 0. The number of nitrogens with zero attached hydrogens (tertiary/aromatic N) is 3. The highest BCUT2D eigenvalue weighted by molar-refractivity contribution is 6.42. The molecular formula is C23H31Cl2N3O3. The van der Waals surface area contributed by atoms with E-state index in [-0.39, 0.29) is 18.4 Å². The molecule has 2 aromatic rings. The Labute approximate surface area is 194 Å². The van der Waals surface area contributed by atoms with Crippen LogP contribution < -0.4 is 0 Å². The van der Waals surface area contributed by atoms with Gasteiger partial charge in [-0.25, -0.2) is 0 Å². The Hall–Kier alpha value is -2.02. The largest absolute Gasteiger partial charge is 0.385 e. The SMILES string of the molecule is CCCCN(Cc1cccn1C)C(=O)CN(CCCOC)C(=O)c1ccc(Cl)c(Cl)c1. The third kappa shape index (κ3) is 7.56. The lowest BCUT2D eigenvalue weighted by Gasteiger charge is -2.28. The van der Waals surface area contributed by atoms with Gasteiger partial charge in [0.25, 0.3) is 5.91 Å². The molecule has 0 aliphatic heterocycles. The first-order valence-electron chi connectivity index (χ1n) is 10.5. The van der Waals surface area contributed by atoms with Crippen LogP contribution in [-0.2, 0) is 23.1 Å². The summed E-state index contributed by atoms with van der Waals surface area (Å²) in [7, 11) is 3.57. The molecule has 2 amide bonds. The molecule has 6 nitrogen and oxygen atoms in total. The van der Waals surface area contributed by atoms with Crippen LogP contribution in [0.5, 0.6) is 0 Å². The number of methoxy groups -OCH3 is 1. The zero-order valence-corrected chi connectivity index (χ0v) is 20.0. The van der Waals surface area contributed by atoms with Gasteiger partial charge in [-0.1, -0.05) is 36.5 Å². The highest BCUT2D eigenvalue weighted by Crippen LogP contribution is 2.23. The van der Waals surface area contributed by atoms with Crippen molar-refractivity contribution in [3.63, 3.8) is 0 Å². The number of benzene rings is 1. The quantitative estimate of drug-likeness (QED) is 0.427. The fourth-order valence-electron chi connectivity index (χ4n) is 3.22. The Kier molecular flexibility index (Phi) is 10.4. The van der Waals surface area contributed by atoms with Crippen molar-refractivity contribution in [2.24, 2.45) is 7.05 Å². The molecule has 1 heterocycles. The van der Waals surface area contributed by atoms with Crippen LogP contribution in [0, 0.1) is 0 Å². The van der Waals surface area contributed by atoms with Crippen LogP contribution in [-0.4, -0.2) is 59.5 Å². The zero-order valence-electron chi connectivity index (χ0n) is 18.4. The molecule has 0 saturated heterocycles. The van der Waals surface area contributed by atoms with Crippen molar-refractivity contribution >= 4 is 35.0 Å². The molecule has 0 saturated carbocycles. The number of halogens is 2. The molecule has 1 aromatic heterocycles. The molecule has 8 heteroatoms. The smallest absolute Gasteiger partial charge is 0.254 e. The highest BCUT2D eigenvalue weighted by Gasteiger charge is 2.23. The fourth-order valence-corrected chi connectivity index (χ4v) is 3.52. The van der Waals surface area contributed by atoms with Gasteiger partial charge < -0.3 is 19.1 Å². The first-order valence-corrected chi connectivity index (χ1v) is 11.2. The highest BCUT2D eigenvalue weighted by atomic mass is 35.5. The number of unbranched alkanes of at least 4 members (excludes halogenated alkanes) is 1. The molecule has 0 radical (unpaired) electrons. The maximum atomic E-state index is 13.2. The van der Waals surface area contributed by atoms with Gasteiger partial charge in [-0.15, -0.1) is 0 Å². The summed E-state index contributed by atoms with van der Waals surface area (Å²) < 4.78 is 7.13. The van der Waals surface area contributed by atoms with Crippen LogP contribution in [0.1, 0.15) is 42.2 Å². The van der Waals surface area contributed by atoms with E-state index in [4.69, 9.17) is 27.9 Å². The minimum atomic E-state index is -0.252. The van der Waals surface area contributed by atoms with Crippen LogP contribution in [0.4, 0.5) is 0 Å². The first-order chi connectivity index (χ1) is 14.9. The molecule has 0 fully saturated rings. The molecule has 170 valence electrons. The molecule has 0 spiro atoms. The van der Waals surface area contributed by atoms with Gasteiger partial charge >= 0.3 is 0 Å². The number of amides is 2. The molecule has 0 unspecified atom stereocenters. The molecule has 0 aliphatic carbocycles. The van der Waals surface area contributed by atoms with Crippen molar-refractivity contribution in [3.8, 4) is 0 Å². The lowest BCUT2D eigenvalue weighted by atomic mass is 10.2. The van der Waals surface area contributed by atoms with E-state index in [1.54, 1.807) is 30.2 Å². The predicted octanol–water partition coefficient (Wildman–Crippen LogP) is 4.64. The van der Waals surface area contributed by atoms with Gasteiger partial charge in [0.05, 0.1) is 16.6 Å². The van der Waals surface area contributed by atoms with Gasteiger partial charge in [0.1, 0.15) is 6.54 Å². The predicted molar refractivity (Wildman–Crippen MR) is 125 cm³/mol. The molecule has 2 rings (SSSR count). The summed E-state index contributed by atoms with van der Waals surface area (Å²) in [6.45, 7) is 4.15. The molecule has 31 heavy (non-hydrogen) atoms. The number of aryl methyl sites for hydroxylation is 1. The van der Waals surface area contributed by atoms with Gasteiger partial charge in [0.2, 0.25) is 5.91 Å². The van der Waals surface area contributed by atoms with E-state index in [0.717, 1.165) is 18.5 Å². The van der Waals surface area contributed by atoms with Gasteiger partial charge in [-0.3, -0.25) is 9.59 Å². The average Bonchev–Trinajstić information content (AvgIpc) is 3.16. The van der Waals surface area contributed by atoms with E-state index in [1.165, 1.54) is 0 Å².